The minimum atomic E-state index is -0.476. The smallest absolute Gasteiger partial charge is 0.272 e. The fourth-order valence-electron chi connectivity index (χ4n) is 3.69. The molecular formula is C31H28N4O3S. The molecule has 0 fully saturated rings. The first kappa shape index (κ1) is 27.3. The van der Waals surface area contributed by atoms with Gasteiger partial charge in [0, 0.05) is 34.2 Å². The molecule has 0 atom stereocenters. The van der Waals surface area contributed by atoms with Gasteiger partial charge >= 0.3 is 0 Å². The molecule has 8 heteroatoms. The normalized spacial score (nSPS) is 11.0. The van der Waals surface area contributed by atoms with Crippen LogP contribution >= 0.6 is 11.8 Å². The lowest BCUT2D eigenvalue weighted by molar-refractivity contribution is -0.114. The van der Waals surface area contributed by atoms with Crippen LogP contribution in [0.2, 0.25) is 0 Å². The van der Waals surface area contributed by atoms with Gasteiger partial charge in [-0.25, -0.2) is 0 Å². The lowest BCUT2D eigenvalue weighted by Gasteiger charge is -2.12. The van der Waals surface area contributed by atoms with Gasteiger partial charge < -0.3 is 16.0 Å². The van der Waals surface area contributed by atoms with Gasteiger partial charge in [0.1, 0.15) is 5.70 Å². The van der Waals surface area contributed by atoms with Crippen LogP contribution in [0.3, 0.4) is 0 Å². The van der Waals surface area contributed by atoms with E-state index in [-0.39, 0.29) is 17.4 Å². The van der Waals surface area contributed by atoms with Crippen molar-refractivity contribution in [2.45, 2.75) is 18.7 Å². The SMILES string of the molecule is Cc1ccc(NC(=O)CSc2ccc(NC(=O)/C(=C/c3cccnc3)NC(=O)c3ccccc3)cc2)c(C)c1. The number of rotatable bonds is 9. The standard InChI is InChI=1S/C31H28N4O3S/c1-21-10-15-27(22(2)17-21)34-29(36)20-39-26-13-11-25(12-14-26)33-31(38)28(18-23-7-6-16-32-19-23)35-30(37)24-8-4-3-5-9-24/h3-19H,20H2,1-2H3,(H,33,38)(H,34,36)(H,35,37)/b28-18-. The molecule has 0 bridgehead atoms. The fraction of sp³-hybridized carbons (Fsp3) is 0.0968. The maximum atomic E-state index is 13.1. The Morgan fingerprint density at radius 1 is 0.872 bits per heavy atom. The average Bonchev–Trinajstić information content (AvgIpc) is 2.95. The third-order valence-electron chi connectivity index (χ3n) is 5.66. The van der Waals surface area contributed by atoms with E-state index in [0.29, 0.717) is 16.8 Å². The summed E-state index contributed by atoms with van der Waals surface area (Å²) < 4.78 is 0. The van der Waals surface area contributed by atoms with Crippen LogP contribution < -0.4 is 16.0 Å². The van der Waals surface area contributed by atoms with E-state index < -0.39 is 11.8 Å². The predicted molar refractivity (Wildman–Crippen MR) is 156 cm³/mol. The number of amides is 3. The minimum Gasteiger partial charge on any atom is -0.325 e. The molecule has 0 saturated heterocycles. The Balaban J connectivity index is 1.38. The third-order valence-corrected chi connectivity index (χ3v) is 6.67. The molecule has 39 heavy (non-hydrogen) atoms. The number of carbonyl (C=O) groups is 3. The third kappa shape index (κ3) is 8.15. The first-order chi connectivity index (χ1) is 18.9. The van der Waals surface area contributed by atoms with Gasteiger partial charge in [0.15, 0.2) is 0 Å². The van der Waals surface area contributed by atoms with E-state index in [0.717, 1.165) is 21.7 Å². The van der Waals surface area contributed by atoms with Gasteiger partial charge in [-0.1, -0.05) is 42.0 Å². The fourth-order valence-corrected chi connectivity index (χ4v) is 4.39. The number of hydrogen-bond donors (Lipinski definition) is 3. The van der Waals surface area contributed by atoms with Crippen molar-refractivity contribution in [3.05, 3.63) is 125 Å². The summed E-state index contributed by atoms with van der Waals surface area (Å²) in [6.45, 7) is 3.98. The van der Waals surface area contributed by atoms with E-state index in [2.05, 4.69) is 20.9 Å². The first-order valence-electron chi connectivity index (χ1n) is 12.3. The molecular weight excluding hydrogens is 508 g/mol. The largest absolute Gasteiger partial charge is 0.325 e. The van der Waals surface area contributed by atoms with Crippen LogP contribution in [0.5, 0.6) is 0 Å². The molecule has 7 nitrogen and oxygen atoms in total. The number of pyridine rings is 1. The highest BCUT2D eigenvalue weighted by Crippen LogP contribution is 2.22. The first-order valence-corrected chi connectivity index (χ1v) is 13.3. The molecule has 4 rings (SSSR count). The number of aromatic nitrogens is 1. The lowest BCUT2D eigenvalue weighted by Crippen LogP contribution is -2.30. The second-order valence-electron chi connectivity index (χ2n) is 8.80. The van der Waals surface area contributed by atoms with Crippen molar-refractivity contribution in [1.29, 1.82) is 0 Å². The van der Waals surface area contributed by atoms with Gasteiger partial charge in [-0.2, -0.15) is 0 Å². The molecule has 0 aliphatic rings. The van der Waals surface area contributed by atoms with Crippen LogP contribution in [0.15, 0.2) is 108 Å². The van der Waals surface area contributed by atoms with E-state index >= 15 is 0 Å². The van der Waals surface area contributed by atoms with Crippen LogP contribution in [-0.4, -0.2) is 28.5 Å². The summed E-state index contributed by atoms with van der Waals surface area (Å²) in [5.41, 5.74) is 4.70. The molecule has 1 heterocycles. The average molecular weight is 537 g/mol. The molecule has 3 N–H and O–H groups in total. The van der Waals surface area contributed by atoms with Gasteiger partial charge in [0.2, 0.25) is 5.91 Å². The van der Waals surface area contributed by atoms with Gasteiger partial charge in [-0.05, 0) is 79.6 Å². The number of hydrogen-bond acceptors (Lipinski definition) is 5. The predicted octanol–water partition coefficient (Wildman–Crippen LogP) is 5.84. The zero-order valence-electron chi connectivity index (χ0n) is 21.6. The van der Waals surface area contributed by atoms with Crippen molar-refractivity contribution < 1.29 is 14.4 Å². The van der Waals surface area contributed by atoms with Crippen LogP contribution in [0.4, 0.5) is 11.4 Å². The maximum absolute atomic E-state index is 13.1. The van der Waals surface area contributed by atoms with E-state index in [1.165, 1.54) is 11.8 Å². The van der Waals surface area contributed by atoms with Gasteiger partial charge in [-0.15, -0.1) is 11.8 Å². The molecule has 0 unspecified atom stereocenters. The highest BCUT2D eigenvalue weighted by atomic mass is 32.2. The monoisotopic (exact) mass is 536 g/mol. The molecule has 4 aromatic rings. The quantitative estimate of drug-likeness (QED) is 0.184. The summed E-state index contributed by atoms with van der Waals surface area (Å²) in [6.07, 6.45) is 4.80. The second-order valence-corrected chi connectivity index (χ2v) is 9.85. The zero-order valence-corrected chi connectivity index (χ0v) is 22.4. The number of thioether (sulfide) groups is 1. The van der Waals surface area contributed by atoms with E-state index in [4.69, 9.17) is 0 Å². The highest BCUT2D eigenvalue weighted by Gasteiger charge is 2.15. The van der Waals surface area contributed by atoms with Crippen molar-refractivity contribution in [2.75, 3.05) is 16.4 Å². The van der Waals surface area contributed by atoms with Crippen LogP contribution in [0, 0.1) is 13.8 Å². The molecule has 1 aromatic heterocycles. The van der Waals surface area contributed by atoms with E-state index in [9.17, 15) is 14.4 Å². The van der Waals surface area contributed by atoms with Gasteiger partial charge in [-0.3, -0.25) is 19.4 Å². The Bertz CT molecular complexity index is 1490. The molecule has 196 valence electrons. The number of carbonyl (C=O) groups excluding carboxylic acids is 3. The summed E-state index contributed by atoms with van der Waals surface area (Å²) in [5.74, 6) is -0.713. The van der Waals surface area contributed by atoms with Crippen LogP contribution in [0.1, 0.15) is 27.0 Å². The molecule has 0 radical (unpaired) electrons. The molecule has 3 amide bonds. The number of aryl methyl sites for hydroxylation is 2. The number of nitrogens with zero attached hydrogens (tertiary/aromatic N) is 1. The second kappa shape index (κ2) is 13.2. The number of benzene rings is 3. The van der Waals surface area contributed by atoms with Crippen molar-refractivity contribution in [3.8, 4) is 0 Å². The zero-order chi connectivity index (χ0) is 27.6. The number of anilines is 2. The Kier molecular flexibility index (Phi) is 9.26. The lowest BCUT2D eigenvalue weighted by atomic mass is 10.1. The van der Waals surface area contributed by atoms with Gasteiger partial charge in [0.05, 0.1) is 5.75 Å². The molecule has 0 saturated carbocycles. The van der Waals surface area contributed by atoms with Gasteiger partial charge in [0.25, 0.3) is 11.8 Å². The van der Waals surface area contributed by atoms with E-state index in [1.807, 2.05) is 50.2 Å². The molecule has 0 spiro atoms. The van der Waals surface area contributed by atoms with E-state index in [1.54, 1.807) is 67.0 Å². The Hall–Kier alpha value is -4.69. The Morgan fingerprint density at radius 3 is 2.33 bits per heavy atom. The Labute approximate surface area is 231 Å². The summed E-state index contributed by atoms with van der Waals surface area (Å²) >= 11 is 1.40. The van der Waals surface area contributed by atoms with Crippen molar-refractivity contribution >= 4 is 46.9 Å². The van der Waals surface area contributed by atoms with Crippen LogP contribution in [0.25, 0.3) is 6.08 Å². The number of nitrogens with one attached hydrogen (secondary N) is 3. The highest BCUT2D eigenvalue weighted by molar-refractivity contribution is 8.00. The minimum absolute atomic E-state index is 0.0818. The van der Waals surface area contributed by atoms with Crippen molar-refractivity contribution in [3.63, 3.8) is 0 Å². The summed E-state index contributed by atoms with van der Waals surface area (Å²) in [4.78, 5) is 43.2. The maximum Gasteiger partial charge on any atom is 0.272 e. The molecule has 3 aromatic carbocycles. The molecule has 0 aliphatic heterocycles. The molecule has 0 aliphatic carbocycles. The van der Waals surface area contributed by atoms with Crippen molar-refractivity contribution in [1.82, 2.24) is 10.3 Å². The topological polar surface area (TPSA) is 100 Å². The Morgan fingerprint density at radius 2 is 1.64 bits per heavy atom. The van der Waals surface area contributed by atoms with Crippen molar-refractivity contribution in [2.24, 2.45) is 0 Å². The summed E-state index contributed by atoms with van der Waals surface area (Å²) in [7, 11) is 0. The summed E-state index contributed by atoms with van der Waals surface area (Å²) in [6, 6.07) is 25.3. The van der Waals surface area contributed by atoms with Crippen LogP contribution in [-0.2, 0) is 9.59 Å². The summed E-state index contributed by atoms with van der Waals surface area (Å²) in [5, 5.41) is 8.47.